The molecule has 98 valence electrons. The molecule has 0 aliphatic heterocycles. The lowest BCUT2D eigenvalue weighted by molar-refractivity contribution is -0.125. The quantitative estimate of drug-likeness (QED) is 0.499. The van der Waals surface area contributed by atoms with Gasteiger partial charge in [-0.3, -0.25) is 9.59 Å². The first kappa shape index (κ1) is 14.1. The van der Waals surface area contributed by atoms with Crippen LogP contribution in [0.15, 0.2) is 5.38 Å². The van der Waals surface area contributed by atoms with Crippen molar-refractivity contribution in [3.8, 4) is 0 Å². The van der Waals surface area contributed by atoms with E-state index in [1.165, 1.54) is 5.38 Å². The van der Waals surface area contributed by atoms with E-state index in [-0.39, 0.29) is 25.3 Å². The highest BCUT2D eigenvalue weighted by Crippen LogP contribution is 2.08. The number of aromatic carboxylic acids is 1. The third-order valence-corrected chi connectivity index (χ3v) is 2.69. The Balaban J connectivity index is 2.33. The van der Waals surface area contributed by atoms with Crippen LogP contribution in [0, 0.1) is 0 Å². The van der Waals surface area contributed by atoms with Gasteiger partial charge in [-0.05, 0) is 0 Å². The molecule has 9 heteroatoms. The molecule has 0 saturated heterocycles. The molecule has 8 nitrogen and oxygen atoms in total. The second-order valence-corrected chi connectivity index (χ2v) is 4.13. The third-order valence-electron chi connectivity index (χ3n) is 1.84. The first-order valence-electron chi connectivity index (χ1n) is 4.94. The minimum absolute atomic E-state index is 0.0549. The molecule has 5 N–H and O–H groups in total. The highest BCUT2D eigenvalue weighted by molar-refractivity contribution is 7.09. The zero-order valence-electron chi connectivity index (χ0n) is 9.30. The fourth-order valence-electron chi connectivity index (χ4n) is 0.978. The van der Waals surface area contributed by atoms with Gasteiger partial charge in [-0.15, -0.1) is 11.3 Å². The maximum atomic E-state index is 11.3. The number of hydrogen-bond acceptors (Lipinski definition) is 6. The van der Waals surface area contributed by atoms with Gasteiger partial charge in [-0.25, -0.2) is 9.78 Å². The molecular weight excluding hydrogens is 260 g/mol. The summed E-state index contributed by atoms with van der Waals surface area (Å²) in [4.78, 5) is 36.4. The van der Waals surface area contributed by atoms with E-state index in [0.717, 1.165) is 11.3 Å². The van der Waals surface area contributed by atoms with Crippen LogP contribution in [0.4, 0.5) is 0 Å². The molecule has 0 radical (unpaired) electrons. The lowest BCUT2D eigenvalue weighted by atomic mass is 10.5. The van der Waals surface area contributed by atoms with Crippen molar-refractivity contribution in [3.05, 3.63) is 16.1 Å². The number of aromatic nitrogens is 1. The summed E-state index contributed by atoms with van der Waals surface area (Å²) in [5.74, 6) is -1.93. The predicted molar refractivity (Wildman–Crippen MR) is 63.0 cm³/mol. The van der Waals surface area contributed by atoms with Crippen LogP contribution in [-0.2, 0) is 16.1 Å². The first-order chi connectivity index (χ1) is 8.52. The summed E-state index contributed by atoms with van der Waals surface area (Å²) < 4.78 is 0. The van der Waals surface area contributed by atoms with Crippen LogP contribution in [0.5, 0.6) is 0 Å². The normalized spacial score (nSPS) is 9.83. The van der Waals surface area contributed by atoms with Gasteiger partial charge in [-0.1, -0.05) is 0 Å². The van der Waals surface area contributed by atoms with E-state index in [1.807, 2.05) is 0 Å². The summed E-state index contributed by atoms with van der Waals surface area (Å²) in [5.41, 5.74) is 4.99. The number of nitrogens with zero attached hydrogens (tertiary/aromatic N) is 1. The maximum Gasteiger partial charge on any atom is 0.355 e. The van der Waals surface area contributed by atoms with Crippen molar-refractivity contribution in [2.75, 3.05) is 13.1 Å². The molecule has 1 aromatic rings. The molecule has 0 aliphatic carbocycles. The number of nitrogens with two attached hydrogens (primary N) is 1. The number of carboxylic acid groups (broad SMARTS) is 1. The first-order valence-corrected chi connectivity index (χ1v) is 5.82. The van der Waals surface area contributed by atoms with Crippen LogP contribution in [0.2, 0.25) is 0 Å². The van der Waals surface area contributed by atoms with E-state index in [0.29, 0.717) is 5.01 Å². The van der Waals surface area contributed by atoms with Crippen molar-refractivity contribution in [2.45, 2.75) is 6.54 Å². The highest BCUT2D eigenvalue weighted by Gasteiger charge is 2.09. The number of carbonyl (C=O) groups excluding carboxylic acids is 2. The van der Waals surface area contributed by atoms with Gasteiger partial charge in [-0.2, -0.15) is 0 Å². The summed E-state index contributed by atoms with van der Waals surface area (Å²) >= 11 is 1.13. The van der Waals surface area contributed by atoms with Crippen molar-refractivity contribution >= 4 is 29.1 Å². The molecule has 0 saturated carbocycles. The number of carbonyl (C=O) groups is 3. The fourth-order valence-corrected chi connectivity index (χ4v) is 1.69. The maximum absolute atomic E-state index is 11.3. The lowest BCUT2D eigenvalue weighted by Gasteiger charge is -2.04. The van der Waals surface area contributed by atoms with Gasteiger partial charge in [0.2, 0.25) is 11.8 Å². The Hall–Kier alpha value is -2.00. The smallest absolute Gasteiger partial charge is 0.355 e. The highest BCUT2D eigenvalue weighted by atomic mass is 32.1. The standard InChI is InChI=1S/C9H12N4O4S/c10-1-6(14)11-2-7(15)12-3-8-13-5(4-18-8)9(16)17/h4H,1-3,10H2,(H,11,14)(H,12,15)(H,16,17). The Labute approximate surface area is 106 Å². The number of nitrogens with one attached hydrogen (secondary N) is 2. The van der Waals surface area contributed by atoms with Gasteiger partial charge in [0.05, 0.1) is 19.6 Å². The van der Waals surface area contributed by atoms with Crippen molar-refractivity contribution in [3.63, 3.8) is 0 Å². The van der Waals surface area contributed by atoms with Crippen molar-refractivity contribution in [2.24, 2.45) is 5.73 Å². The molecule has 0 fully saturated rings. The van der Waals surface area contributed by atoms with Crippen LogP contribution in [0.3, 0.4) is 0 Å². The second-order valence-electron chi connectivity index (χ2n) is 3.19. The van der Waals surface area contributed by atoms with E-state index < -0.39 is 17.8 Å². The number of amides is 2. The molecule has 0 aliphatic rings. The molecule has 2 amide bonds. The Morgan fingerprint density at radius 1 is 1.33 bits per heavy atom. The Kier molecular flexibility index (Phi) is 5.21. The molecular formula is C9H12N4O4S. The second kappa shape index (κ2) is 6.67. The van der Waals surface area contributed by atoms with Crippen molar-refractivity contribution in [1.29, 1.82) is 0 Å². The van der Waals surface area contributed by atoms with E-state index in [9.17, 15) is 14.4 Å². The van der Waals surface area contributed by atoms with Gasteiger partial charge >= 0.3 is 5.97 Å². The predicted octanol–water partition coefficient (Wildman–Crippen LogP) is -1.47. The van der Waals surface area contributed by atoms with Gasteiger partial charge in [0.15, 0.2) is 5.69 Å². The van der Waals surface area contributed by atoms with Crippen molar-refractivity contribution < 1.29 is 19.5 Å². The number of rotatable bonds is 6. The fraction of sp³-hybridized carbons (Fsp3) is 0.333. The molecule has 0 aromatic carbocycles. The number of hydrogen-bond donors (Lipinski definition) is 4. The average molecular weight is 272 g/mol. The zero-order valence-corrected chi connectivity index (χ0v) is 10.1. The summed E-state index contributed by atoms with van der Waals surface area (Å²) in [7, 11) is 0. The molecule has 0 spiro atoms. The Morgan fingerprint density at radius 3 is 2.61 bits per heavy atom. The van der Waals surface area contributed by atoms with Gasteiger partial charge in [0, 0.05) is 5.38 Å². The van der Waals surface area contributed by atoms with Crippen molar-refractivity contribution in [1.82, 2.24) is 15.6 Å². The minimum atomic E-state index is -1.11. The number of thiazole rings is 1. The molecule has 0 bridgehead atoms. The summed E-state index contributed by atoms with van der Waals surface area (Å²) in [6.07, 6.45) is 0. The van der Waals surface area contributed by atoms with Crippen LogP contribution in [0.1, 0.15) is 15.5 Å². The topological polar surface area (TPSA) is 134 Å². The molecule has 0 atom stereocenters. The lowest BCUT2D eigenvalue weighted by Crippen LogP contribution is -2.39. The minimum Gasteiger partial charge on any atom is -0.476 e. The van der Waals surface area contributed by atoms with Crippen LogP contribution in [0.25, 0.3) is 0 Å². The third kappa shape index (κ3) is 4.47. The van der Waals surface area contributed by atoms with Crippen LogP contribution >= 0.6 is 11.3 Å². The molecule has 18 heavy (non-hydrogen) atoms. The van der Waals surface area contributed by atoms with Gasteiger partial charge in [0.1, 0.15) is 5.01 Å². The van der Waals surface area contributed by atoms with E-state index >= 15 is 0 Å². The summed E-state index contributed by atoms with van der Waals surface area (Å²) in [6, 6.07) is 0. The Morgan fingerprint density at radius 2 is 2.06 bits per heavy atom. The zero-order chi connectivity index (χ0) is 13.5. The largest absolute Gasteiger partial charge is 0.476 e. The van der Waals surface area contributed by atoms with Crippen LogP contribution < -0.4 is 16.4 Å². The van der Waals surface area contributed by atoms with Gasteiger partial charge < -0.3 is 21.5 Å². The van der Waals surface area contributed by atoms with Gasteiger partial charge in [0.25, 0.3) is 0 Å². The van der Waals surface area contributed by atoms with E-state index in [1.54, 1.807) is 0 Å². The van der Waals surface area contributed by atoms with E-state index in [2.05, 4.69) is 15.6 Å². The summed E-state index contributed by atoms with van der Waals surface area (Å²) in [5, 5.41) is 15.3. The van der Waals surface area contributed by atoms with E-state index in [4.69, 9.17) is 10.8 Å². The molecule has 0 unspecified atom stereocenters. The van der Waals surface area contributed by atoms with Crippen LogP contribution in [-0.4, -0.2) is 41.0 Å². The molecule has 1 aromatic heterocycles. The average Bonchev–Trinajstić information content (AvgIpc) is 2.82. The summed E-state index contributed by atoms with van der Waals surface area (Å²) in [6.45, 7) is -0.232. The number of carboxylic acids is 1. The Bertz CT molecular complexity index is 459. The molecule has 1 rings (SSSR count). The molecule has 1 heterocycles. The SMILES string of the molecule is NCC(=O)NCC(=O)NCc1nc(C(=O)O)cs1. The monoisotopic (exact) mass is 272 g/mol.